The van der Waals surface area contributed by atoms with Crippen LogP contribution in [0.3, 0.4) is 0 Å². The third-order valence-corrected chi connectivity index (χ3v) is 7.08. The Labute approximate surface area is 192 Å². The Kier molecular flexibility index (Phi) is 8.68. The van der Waals surface area contributed by atoms with Gasteiger partial charge in [-0.3, -0.25) is 9.59 Å². The Morgan fingerprint density at radius 1 is 1.09 bits per heavy atom. The number of hydrogen-bond donors (Lipinski definition) is 2. The van der Waals surface area contributed by atoms with E-state index in [2.05, 4.69) is 10.0 Å². The maximum Gasteiger partial charge on any atom is 0.254 e. The van der Waals surface area contributed by atoms with Crippen molar-refractivity contribution >= 4 is 39.3 Å². The Morgan fingerprint density at radius 2 is 1.81 bits per heavy atom. The van der Waals surface area contributed by atoms with Gasteiger partial charge >= 0.3 is 0 Å². The van der Waals surface area contributed by atoms with Crippen molar-refractivity contribution in [2.24, 2.45) is 0 Å². The van der Waals surface area contributed by atoms with Gasteiger partial charge in [-0.2, -0.15) is 16.5 Å². The highest BCUT2D eigenvalue weighted by Gasteiger charge is 2.26. The molecule has 1 atom stereocenters. The van der Waals surface area contributed by atoms with Gasteiger partial charge in [-0.1, -0.05) is 24.3 Å². The second kappa shape index (κ2) is 11.5. The van der Waals surface area contributed by atoms with Gasteiger partial charge < -0.3 is 15.0 Å². The molecule has 0 saturated carbocycles. The van der Waals surface area contributed by atoms with E-state index in [9.17, 15) is 18.0 Å². The minimum atomic E-state index is -3.86. The van der Waals surface area contributed by atoms with Crippen LogP contribution in [-0.2, 0) is 19.6 Å². The summed E-state index contributed by atoms with van der Waals surface area (Å²) in [7, 11) is -3.86. The molecule has 0 spiro atoms. The number of anilines is 1. The molecule has 32 heavy (non-hydrogen) atoms. The average Bonchev–Trinajstić information content (AvgIpc) is 2.82. The number of hydrogen-bond acceptors (Lipinski definition) is 6. The zero-order valence-electron chi connectivity index (χ0n) is 17.8. The molecule has 1 aliphatic rings. The van der Waals surface area contributed by atoms with Crippen LogP contribution in [0, 0.1) is 0 Å². The van der Waals surface area contributed by atoms with Crippen molar-refractivity contribution in [3.63, 3.8) is 0 Å². The van der Waals surface area contributed by atoms with Gasteiger partial charge in [0.05, 0.1) is 18.1 Å². The average molecular weight is 478 g/mol. The Morgan fingerprint density at radius 3 is 2.50 bits per heavy atom. The Bertz CT molecular complexity index is 1020. The van der Waals surface area contributed by atoms with Crippen LogP contribution in [0.4, 0.5) is 5.69 Å². The summed E-state index contributed by atoms with van der Waals surface area (Å²) in [5.74, 6) is -0.00653. The van der Waals surface area contributed by atoms with Crippen LogP contribution < -0.4 is 10.0 Å². The van der Waals surface area contributed by atoms with Crippen LogP contribution in [-0.4, -0.2) is 69.5 Å². The maximum absolute atomic E-state index is 13.0. The molecule has 0 bridgehead atoms. The van der Waals surface area contributed by atoms with Crippen LogP contribution in [0.15, 0.2) is 59.5 Å². The minimum Gasteiger partial charge on any atom is -0.378 e. The summed E-state index contributed by atoms with van der Waals surface area (Å²) in [5.41, 5.74) is 0.886. The monoisotopic (exact) mass is 477 g/mol. The molecule has 1 saturated heterocycles. The van der Waals surface area contributed by atoms with Gasteiger partial charge in [0.2, 0.25) is 15.9 Å². The highest BCUT2D eigenvalue weighted by molar-refractivity contribution is 7.98. The van der Waals surface area contributed by atoms with Crippen molar-refractivity contribution in [1.29, 1.82) is 0 Å². The van der Waals surface area contributed by atoms with Gasteiger partial charge in [0.15, 0.2) is 0 Å². The second-order valence-electron chi connectivity index (χ2n) is 7.24. The summed E-state index contributed by atoms with van der Waals surface area (Å²) in [4.78, 5) is 27.5. The number of rotatable bonds is 9. The standard InChI is InChI=1S/C22H27N3O5S2/c1-31-15-10-20(24-32(28,29)19-8-3-2-4-9-19)21(26)23-18-7-5-6-17(16-18)22(27)25-11-13-30-14-12-25/h2-9,16,20,24H,10-15H2,1H3,(H,23,26). The van der Waals surface area contributed by atoms with E-state index < -0.39 is 22.0 Å². The van der Waals surface area contributed by atoms with Gasteiger partial charge in [0.25, 0.3) is 5.91 Å². The summed E-state index contributed by atoms with van der Waals surface area (Å²) in [6.45, 7) is 2.04. The second-order valence-corrected chi connectivity index (χ2v) is 9.94. The molecule has 1 fully saturated rings. The fourth-order valence-electron chi connectivity index (χ4n) is 3.24. The van der Waals surface area contributed by atoms with Crippen molar-refractivity contribution in [3.05, 3.63) is 60.2 Å². The molecule has 2 aromatic rings. The maximum atomic E-state index is 13.0. The van der Waals surface area contributed by atoms with Crippen LogP contribution in [0.1, 0.15) is 16.8 Å². The number of morpholine rings is 1. The number of carbonyl (C=O) groups is 2. The largest absolute Gasteiger partial charge is 0.378 e. The number of nitrogens with zero attached hydrogens (tertiary/aromatic N) is 1. The molecular formula is C22H27N3O5S2. The van der Waals surface area contributed by atoms with Crippen LogP contribution >= 0.6 is 11.8 Å². The number of ether oxygens (including phenoxy) is 1. The lowest BCUT2D eigenvalue weighted by molar-refractivity contribution is -0.117. The number of thioether (sulfide) groups is 1. The highest BCUT2D eigenvalue weighted by Crippen LogP contribution is 2.16. The zero-order chi connectivity index (χ0) is 23.0. The number of nitrogens with one attached hydrogen (secondary N) is 2. The van der Waals surface area contributed by atoms with E-state index in [0.29, 0.717) is 49.7 Å². The fourth-order valence-corrected chi connectivity index (χ4v) is 4.96. The molecule has 172 valence electrons. The number of benzene rings is 2. The van der Waals surface area contributed by atoms with Gasteiger partial charge in [-0.25, -0.2) is 8.42 Å². The van der Waals surface area contributed by atoms with Crippen molar-refractivity contribution < 1.29 is 22.7 Å². The van der Waals surface area contributed by atoms with E-state index in [1.165, 1.54) is 23.9 Å². The normalized spacial score (nSPS) is 15.2. The SMILES string of the molecule is CSCCC(NS(=O)(=O)c1ccccc1)C(=O)Nc1cccc(C(=O)N2CCOCC2)c1. The number of amides is 2. The van der Waals surface area contributed by atoms with Crippen LogP contribution in [0.5, 0.6) is 0 Å². The summed E-state index contributed by atoms with van der Waals surface area (Å²) in [5, 5.41) is 2.75. The van der Waals surface area contributed by atoms with E-state index in [0.717, 1.165) is 0 Å². The quantitative estimate of drug-likeness (QED) is 0.574. The topological polar surface area (TPSA) is 105 Å². The third kappa shape index (κ3) is 6.55. The summed E-state index contributed by atoms with van der Waals surface area (Å²) >= 11 is 1.52. The molecule has 2 aromatic carbocycles. The lowest BCUT2D eigenvalue weighted by Gasteiger charge is -2.27. The van der Waals surface area contributed by atoms with E-state index >= 15 is 0 Å². The van der Waals surface area contributed by atoms with E-state index in [4.69, 9.17) is 4.74 Å². The molecule has 3 rings (SSSR count). The summed E-state index contributed by atoms with van der Waals surface area (Å²) in [6, 6.07) is 13.6. The molecule has 0 aromatic heterocycles. The van der Waals surface area contributed by atoms with Gasteiger partial charge in [0, 0.05) is 24.3 Å². The van der Waals surface area contributed by atoms with E-state index in [-0.39, 0.29) is 10.8 Å². The highest BCUT2D eigenvalue weighted by atomic mass is 32.2. The molecule has 8 nitrogen and oxygen atoms in total. The molecule has 2 amide bonds. The third-order valence-electron chi connectivity index (χ3n) is 4.95. The van der Waals surface area contributed by atoms with Crippen molar-refractivity contribution in [2.45, 2.75) is 17.4 Å². The summed E-state index contributed by atoms with van der Waals surface area (Å²) in [6.07, 6.45) is 2.22. The van der Waals surface area contributed by atoms with Crippen molar-refractivity contribution in [1.82, 2.24) is 9.62 Å². The number of sulfonamides is 1. The van der Waals surface area contributed by atoms with E-state index in [1.807, 2.05) is 6.26 Å². The molecule has 1 unspecified atom stereocenters. The first-order valence-electron chi connectivity index (χ1n) is 10.2. The Balaban J connectivity index is 1.72. The predicted octanol–water partition coefficient (Wildman–Crippen LogP) is 2.20. The van der Waals surface area contributed by atoms with Gasteiger partial charge in [-0.05, 0) is 48.8 Å². The minimum absolute atomic E-state index is 0.0973. The molecule has 2 N–H and O–H groups in total. The molecule has 1 heterocycles. The predicted molar refractivity (Wildman–Crippen MR) is 125 cm³/mol. The van der Waals surface area contributed by atoms with E-state index in [1.54, 1.807) is 47.4 Å². The molecule has 10 heteroatoms. The lowest BCUT2D eigenvalue weighted by Crippen LogP contribution is -2.44. The molecular weight excluding hydrogens is 450 g/mol. The lowest BCUT2D eigenvalue weighted by atomic mass is 10.1. The van der Waals surface area contributed by atoms with Gasteiger partial charge in [0.1, 0.15) is 6.04 Å². The first kappa shape index (κ1) is 24.2. The van der Waals surface area contributed by atoms with Crippen molar-refractivity contribution in [2.75, 3.05) is 43.6 Å². The molecule has 0 radical (unpaired) electrons. The molecule has 1 aliphatic heterocycles. The first-order valence-corrected chi connectivity index (χ1v) is 13.1. The van der Waals surface area contributed by atoms with Crippen LogP contribution in [0.25, 0.3) is 0 Å². The smallest absolute Gasteiger partial charge is 0.254 e. The summed E-state index contributed by atoms with van der Waals surface area (Å²) < 4.78 is 33.2. The van der Waals surface area contributed by atoms with Crippen molar-refractivity contribution in [3.8, 4) is 0 Å². The Hall–Kier alpha value is -2.40. The van der Waals surface area contributed by atoms with Gasteiger partial charge in [-0.15, -0.1) is 0 Å². The molecule has 0 aliphatic carbocycles. The zero-order valence-corrected chi connectivity index (χ0v) is 19.5. The fraction of sp³-hybridized carbons (Fsp3) is 0.364. The first-order chi connectivity index (χ1) is 15.4. The number of carbonyl (C=O) groups excluding carboxylic acids is 2. The van der Waals surface area contributed by atoms with Crippen LogP contribution in [0.2, 0.25) is 0 Å².